The van der Waals surface area contributed by atoms with Gasteiger partial charge in [0.2, 0.25) is 5.91 Å². The van der Waals surface area contributed by atoms with Gasteiger partial charge < -0.3 is 16.0 Å². The number of hydrogen-bond acceptors (Lipinski definition) is 3. The topological polar surface area (TPSA) is 58.4 Å². The van der Waals surface area contributed by atoms with Gasteiger partial charge in [0, 0.05) is 25.2 Å². The van der Waals surface area contributed by atoms with E-state index in [1.807, 2.05) is 6.92 Å². The fourth-order valence-electron chi connectivity index (χ4n) is 2.31. The molecule has 0 aromatic rings. The summed E-state index contributed by atoms with van der Waals surface area (Å²) in [5.41, 5.74) is 5.80. The third-order valence-electron chi connectivity index (χ3n) is 3.54. The summed E-state index contributed by atoms with van der Waals surface area (Å²) < 4.78 is 0. The van der Waals surface area contributed by atoms with Gasteiger partial charge in [0.15, 0.2) is 0 Å². The van der Waals surface area contributed by atoms with Gasteiger partial charge >= 0.3 is 0 Å². The number of carbonyl (C=O) groups excluding carboxylic acids is 1. The molecule has 0 bridgehead atoms. The van der Waals surface area contributed by atoms with Crippen molar-refractivity contribution in [2.45, 2.75) is 64.6 Å². The van der Waals surface area contributed by atoms with E-state index in [0.29, 0.717) is 12.1 Å². The molecule has 1 atom stereocenters. The molecule has 100 valence electrons. The van der Waals surface area contributed by atoms with Gasteiger partial charge in [-0.3, -0.25) is 4.79 Å². The molecule has 1 aliphatic heterocycles. The number of hydrogen-bond donors (Lipinski definition) is 2. The van der Waals surface area contributed by atoms with Crippen molar-refractivity contribution in [1.29, 1.82) is 0 Å². The SMILES string of the molecule is CCC[C@@H](N)C(=O)NC1CCN(C(C)C)CC1. The smallest absolute Gasteiger partial charge is 0.237 e. The number of amides is 1. The van der Waals surface area contributed by atoms with Gasteiger partial charge in [-0.15, -0.1) is 0 Å². The third kappa shape index (κ3) is 4.64. The van der Waals surface area contributed by atoms with Crippen LogP contribution in [0.15, 0.2) is 0 Å². The summed E-state index contributed by atoms with van der Waals surface area (Å²) in [6.07, 6.45) is 3.82. The van der Waals surface area contributed by atoms with Gasteiger partial charge in [0.05, 0.1) is 6.04 Å². The van der Waals surface area contributed by atoms with Gasteiger partial charge in [0.1, 0.15) is 0 Å². The van der Waals surface area contributed by atoms with E-state index in [1.165, 1.54) is 0 Å². The molecule has 1 fully saturated rings. The van der Waals surface area contributed by atoms with Crippen molar-refractivity contribution in [3.8, 4) is 0 Å². The maximum atomic E-state index is 11.8. The monoisotopic (exact) mass is 241 g/mol. The summed E-state index contributed by atoms with van der Waals surface area (Å²) in [5.74, 6) is 0.0230. The zero-order valence-corrected chi connectivity index (χ0v) is 11.4. The van der Waals surface area contributed by atoms with Crippen molar-refractivity contribution in [2.75, 3.05) is 13.1 Å². The van der Waals surface area contributed by atoms with Gasteiger partial charge in [-0.1, -0.05) is 13.3 Å². The molecule has 4 nitrogen and oxygen atoms in total. The molecule has 0 aliphatic carbocycles. The lowest BCUT2D eigenvalue weighted by Crippen LogP contribution is -2.50. The van der Waals surface area contributed by atoms with Crippen LogP contribution in [0.5, 0.6) is 0 Å². The van der Waals surface area contributed by atoms with Crippen LogP contribution in [0.2, 0.25) is 0 Å². The molecule has 0 aromatic heterocycles. The van der Waals surface area contributed by atoms with Crippen LogP contribution in [0.4, 0.5) is 0 Å². The molecule has 4 heteroatoms. The molecule has 1 aliphatic rings. The summed E-state index contributed by atoms with van der Waals surface area (Å²) in [7, 11) is 0. The van der Waals surface area contributed by atoms with Crippen LogP contribution in [-0.2, 0) is 4.79 Å². The minimum atomic E-state index is -0.330. The van der Waals surface area contributed by atoms with Crippen molar-refractivity contribution in [3.63, 3.8) is 0 Å². The van der Waals surface area contributed by atoms with E-state index < -0.39 is 0 Å². The highest BCUT2D eigenvalue weighted by Crippen LogP contribution is 2.13. The molecule has 0 unspecified atom stereocenters. The van der Waals surface area contributed by atoms with E-state index in [0.717, 1.165) is 38.8 Å². The maximum absolute atomic E-state index is 11.8. The average Bonchev–Trinajstić information content (AvgIpc) is 2.30. The quantitative estimate of drug-likeness (QED) is 0.758. The number of likely N-dealkylation sites (tertiary alicyclic amines) is 1. The largest absolute Gasteiger partial charge is 0.352 e. The van der Waals surface area contributed by atoms with E-state index in [1.54, 1.807) is 0 Å². The van der Waals surface area contributed by atoms with Crippen molar-refractivity contribution in [3.05, 3.63) is 0 Å². The Hall–Kier alpha value is -0.610. The van der Waals surface area contributed by atoms with E-state index in [4.69, 9.17) is 5.73 Å². The fraction of sp³-hybridized carbons (Fsp3) is 0.923. The zero-order valence-electron chi connectivity index (χ0n) is 11.4. The Balaban J connectivity index is 2.28. The first-order valence-corrected chi connectivity index (χ1v) is 6.84. The van der Waals surface area contributed by atoms with E-state index in [-0.39, 0.29) is 11.9 Å². The number of rotatable bonds is 5. The standard InChI is InChI=1S/C13H27N3O/c1-4-5-12(14)13(17)15-11-6-8-16(9-7-11)10(2)3/h10-12H,4-9,14H2,1-3H3,(H,15,17)/t12-/m1/s1. The third-order valence-corrected chi connectivity index (χ3v) is 3.54. The highest BCUT2D eigenvalue weighted by molar-refractivity contribution is 5.81. The predicted octanol–water partition coefficient (Wildman–Crippen LogP) is 1.10. The molecule has 17 heavy (non-hydrogen) atoms. The van der Waals surface area contributed by atoms with Crippen LogP contribution in [0.3, 0.4) is 0 Å². The van der Waals surface area contributed by atoms with Gasteiger partial charge in [-0.25, -0.2) is 0 Å². The van der Waals surface area contributed by atoms with Crippen LogP contribution >= 0.6 is 0 Å². The Labute approximate surface area is 105 Å². The maximum Gasteiger partial charge on any atom is 0.237 e. The second-order valence-electron chi connectivity index (χ2n) is 5.31. The first-order chi connectivity index (χ1) is 8.04. The van der Waals surface area contributed by atoms with Crippen LogP contribution in [0.25, 0.3) is 0 Å². The Morgan fingerprint density at radius 3 is 2.47 bits per heavy atom. The highest BCUT2D eigenvalue weighted by Gasteiger charge is 2.23. The molecule has 1 rings (SSSR count). The number of piperidine rings is 1. The Morgan fingerprint density at radius 2 is 2.00 bits per heavy atom. The van der Waals surface area contributed by atoms with Crippen molar-refractivity contribution < 1.29 is 4.79 Å². The molecule has 0 aromatic carbocycles. The lowest BCUT2D eigenvalue weighted by molar-refractivity contribution is -0.123. The molecule has 1 heterocycles. The molecular weight excluding hydrogens is 214 g/mol. The second-order valence-corrected chi connectivity index (χ2v) is 5.31. The molecule has 0 spiro atoms. The first kappa shape index (κ1) is 14.5. The molecule has 1 saturated heterocycles. The normalized spacial score (nSPS) is 20.5. The number of carbonyl (C=O) groups is 1. The lowest BCUT2D eigenvalue weighted by Gasteiger charge is -2.35. The summed E-state index contributed by atoms with van der Waals surface area (Å²) in [4.78, 5) is 14.2. The summed E-state index contributed by atoms with van der Waals surface area (Å²) >= 11 is 0. The Bertz CT molecular complexity index is 235. The lowest BCUT2D eigenvalue weighted by atomic mass is 10.0. The minimum absolute atomic E-state index is 0.0230. The average molecular weight is 241 g/mol. The minimum Gasteiger partial charge on any atom is -0.352 e. The zero-order chi connectivity index (χ0) is 12.8. The van der Waals surface area contributed by atoms with Crippen LogP contribution in [-0.4, -0.2) is 42.0 Å². The number of nitrogens with zero attached hydrogens (tertiary/aromatic N) is 1. The molecule has 0 saturated carbocycles. The van der Waals surface area contributed by atoms with Gasteiger partial charge in [0.25, 0.3) is 0 Å². The van der Waals surface area contributed by atoms with Crippen molar-refractivity contribution in [2.24, 2.45) is 5.73 Å². The van der Waals surface area contributed by atoms with Gasteiger partial charge in [-0.2, -0.15) is 0 Å². The molecule has 0 radical (unpaired) electrons. The van der Waals surface area contributed by atoms with Crippen LogP contribution in [0.1, 0.15) is 46.5 Å². The van der Waals surface area contributed by atoms with Crippen LogP contribution < -0.4 is 11.1 Å². The predicted molar refractivity (Wildman–Crippen MR) is 70.8 cm³/mol. The van der Waals surface area contributed by atoms with Crippen molar-refractivity contribution >= 4 is 5.91 Å². The highest BCUT2D eigenvalue weighted by atomic mass is 16.2. The van der Waals surface area contributed by atoms with Gasteiger partial charge in [-0.05, 0) is 33.1 Å². The summed E-state index contributed by atoms with van der Waals surface area (Å²) in [6.45, 7) is 8.64. The van der Waals surface area contributed by atoms with Crippen molar-refractivity contribution in [1.82, 2.24) is 10.2 Å². The summed E-state index contributed by atoms with van der Waals surface area (Å²) in [5, 5.41) is 3.07. The fourth-order valence-corrected chi connectivity index (χ4v) is 2.31. The number of nitrogens with two attached hydrogens (primary N) is 1. The first-order valence-electron chi connectivity index (χ1n) is 6.84. The second kappa shape index (κ2) is 6.97. The molecule has 3 N–H and O–H groups in total. The van der Waals surface area contributed by atoms with E-state index in [9.17, 15) is 4.79 Å². The summed E-state index contributed by atoms with van der Waals surface area (Å²) in [6, 6.07) is 0.595. The Kier molecular flexibility index (Phi) is 5.92. The van der Waals surface area contributed by atoms with Crippen LogP contribution in [0, 0.1) is 0 Å². The number of nitrogens with one attached hydrogen (secondary N) is 1. The molecular formula is C13H27N3O. The molecule has 1 amide bonds. The Morgan fingerprint density at radius 1 is 1.41 bits per heavy atom. The van der Waals surface area contributed by atoms with E-state index in [2.05, 4.69) is 24.1 Å². The van der Waals surface area contributed by atoms with E-state index >= 15 is 0 Å².